The zero-order valence-corrected chi connectivity index (χ0v) is 17.7. The third-order valence-corrected chi connectivity index (χ3v) is 4.17. The number of nitrogens with zero attached hydrogens (tertiary/aromatic N) is 4. The summed E-state index contributed by atoms with van der Waals surface area (Å²) in [5.41, 5.74) is 0.137. The van der Waals surface area contributed by atoms with E-state index in [-0.39, 0.29) is 43.2 Å². The van der Waals surface area contributed by atoms with Crippen molar-refractivity contribution in [2.24, 2.45) is 0 Å². The molecule has 0 amide bonds. The number of ether oxygens (including phenoxy) is 2. The number of rotatable bonds is 8. The summed E-state index contributed by atoms with van der Waals surface area (Å²) >= 11 is 0. The summed E-state index contributed by atoms with van der Waals surface area (Å²) in [4.78, 5) is 31.4. The Morgan fingerprint density at radius 2 is 1.88 bits per heavy atom. The topological polar surface area (TPSA) is 116 Å². The van der Waals surface area contributed by atoms with Gasteiger partial charge in [0.05, 0.1) is 29.2 Å². The molecule has 0 bridgehead atoms. The summed E-state index contributed by atoms with van der Waals surface area (Å²) in [5, 5.41) is 10.9. The van der Waals surface area contributed by atoms with Crippen molar-refractivity contribution in [3.63, 3.8) is 0 Å². The molecular formula is C21H20F3N5O4. The predicted molar refractivity (Wildman–Crippen MR) is 110 cm³/mol. The number of anilines is 1. The number of benzene rings is 1. The van der Waals surface area contributed by atoms with Gasteiger partial charge in [0.2, 0.25) is 5.95 Å². The molecule has 1 N–H and O–H groups in total. The number of carbonyl (C=O) groups is 2. The second-order valence-corrected chi connectivity index (χ2v) is 7.21. The molecule has 0 saturated heterocycles. The van der Waals surface area contributed by atoms with Crippen LogP contribution in [0.1, 0.15) is 41.8 Å². The van der Waals surface area contributed by atoms with Crippen molar-refractivity contribution in [3.8, 4) is 0 Å². The van der Waals surface area contributed by atoms with E-state index >= 15 is 0 Å². The van der Waals surface area contributed by atoms with Gasteiger partial charge in [-0.2, -0.15) is 13.2 Å². The first-order chi connectivity index (χ1) is 15.6. The van der Waals surface area contributed by atoms with Crippen LogP contribution in [0.3, 0.4) is 0 Å². The molecule has 1 aromatic carbocycles. The maximum absolute atomic E-state index is 12.8. The van der Waals surface area contributed by atoms with Crippen molar-refractivity contribution in [1.82, 2.24) is 20.2 Å². The molecule has 0 unspecified atom stereocenters. The lowest BCUT2D eigenvalue weighted by Gasteiger charge is -2.09. The molecule has 0 atom stereocenters. The minimum absolute atomic E-state index is 0.144. The summed E-state index contributed by atoms with van der Waals surface area (Å²) in [7, 11) is 0. The average molecular weight is 463 g/mol. The molecular weight excluding hydrogens is 443 g/mol. The third-order valence-electron chi connectivity index (χ3n) is 4.17. The molecule has 174 valence electrons. The zero-order chi connectivity index (χ0) is 24.0. The number of esters is 2. The second kappa shape index (κ2) is 10.2. The van der Waals surface area contributed by atoms with Crippen LogP contribution in [0.4, 0.5) is 19.1 Å². The number of pyridine rings is 1. The van der Waals surface area contributed by atoms with E-state index < -0.39 is 17.7 Å². The first-order valence-electron chi connectivity index (χ1n) is 9.88. The first-order valence-corrected chi connectivity index (χ1v) is 9.88. The maximum atomic E-state index is 12.8. The molecule has 0 saturated carbocycles. The van der Waals surface area contributed by atoms with E-state index in [2.05, 4.69) is 25.5 Å². The van der Waals surface area contributed by atoms with Gasteiger partial charge in [0.25, 0.3) is 0 Å². The van der Waals surface area contributed by atoms with Crippen LogP contribution in [0.25, 0.3) is 11.0 Å². The van der Waals surface area contributed by atoms with Gasteiger partial charge in [-0.3, -0.25) is 9.78 Å². The van der Waals surface area contributed by atoms with Gasteiger partial charge in [0.1, 0.15) is 12.1 Å². The monoisotopic (exact) mass is 463 g/mol. The van der Waals surface area contributed by atoms with Crippen molar-refractivity contribution in [1.29, 1.82) is 0 Å². The van der Waals surface area contributed by atoms with Crippen LogP contribution < -0.4 is 5.32 Å². The molecule has 33 heavy (non-hydrogen) atoms. The minimum atomic E-state index is -4.61. The molecule has 2 heterocycles. The van der Waals surface area contributed by atoms with Gasteiger partial charge in [-0.1, -0.05) is 6.07 Å². The molecule has 0 fully saturated rings. The number of alkyl halides is 3. The van der Waals surface area contributed by atoms with Gasteiger partial charge >= 0.3 is 18.1 Å². The summed E-state index contributed by atoms with van der Waals surface area (Å²) in [6.07, 6.45) is -3.02. The smallest absolute Gasteiger partial charge is 0.417 e. The normalized spacial score (nSPS) is 11.5. The number of hydrogen-bond acceptors (Lipinski definition) is 9. The molecule has 12 heteroatoms. The Bertz CT molecular complexity index is 1150. The predicted octanol–water partition coefficient (Wildman–Crippen LogP) is 3.55. The molecule has 0 aliphatic heterocycles. The highest BCUT2D eigenvalue weighted by molar-refractivity contribution is 5.89. The van der Waals surface area contributed by atoms with Gasteiger partial charge in [0, 0.05) is 18.9 Å². The van der Waals surface area contributed by atoms with E-state index in [1.54, 1.807) is 32.0 Å². The lowest BCUT2D eigenvalue weighted by molar-refractivity contribution is -0.147. The van der Waals surface area contributed by atoms with Gasteiger partial charge in [-0.05, 0) is 37.6 Å². The lowest BCUT2D eigenvalue weighted by Crippen LogP contribution is -2.16. The summed E-state index contributed by atoms with van der Waals surface area (Å²) in [6, 6.07) is 5.55. The number of nitrogens with one attached hydrogen (secondary N) is 1. The van der Waals surface area contributed by atoms with E-state index in [0.717, 1.165) is 6.20 Å². The molecule has 0 aliphatic rings. The van der Waals surface area contributed by atoms with Crippen LogP contribution >= 0.6 is 0 Å². The van der Waals surface area contributed by atoms with Crippen molar-refractivity contribution >= 4 is 28.9 Å². The van der Waals surface area contributed by atoms with Crippen molar-refractivity contribution in [2.75, 3.05) is 11.9 Å². The Balaban J connectivity index is 1.58. The quantitative estimate of drug-likeness (QED) is 0.501. The van der Waals surface area contributed by atoms with Gasteiger partial charge in [0.15, 0.2) is 0 Å². The van der Waals surface area contributed by atoms with Gasteiger partial charge in [-0.25, -0.2) is 9.78 Å². The van der Waals surface area contributed by atoms with E-state index in [0.29, 0.717) is 28.9 Å². The van der Waals surface area contributed by atoms with Crippen molar-refractivity contribution in [3.05, 3.63) is 53.3 Å². The fourth-order valence-corrected chi connectivity index (χ4v) is 2.68. The molecule has 9 nitrogen and oxygen atoms in total. The molecule has 0 spiro atoms. The van der Waals surface area contributed by atoms with Gasteiger partial charge in [-0.15, -0.1) is 10.2 Å². The number of fused-ring (bicyclic) bond motifs is 1. The fraction of sp³-hybridized carbons (Fsp3) is 0.333. The third kappa shape index (κ3) is 6.82. The maximum Gasteiger partial charge on any atom is 0.417 e. The summed E-state index contributed by atoms with van der Waals surface area (Å²) < 4.78 is 48.4. The molecule has 0 radical (unpaired) electrons. The Morgan fingerprint density at radius 1 is 1.09 bits per heavy atom. The molecule has 3 rings (SSSR count). The number of aromatic nitrogens is 4. The number of halogens is 3. The fourth-order valence-electron chi connectivity index (χ4n) is 2.68. The average Bonchev–Trinajstić information content (AvgIpc) is 2.76. The van der Waals surface area contributed by atoms with Crippen LogP contribution in [0, 0.1) is 0 Å². The Kier molecular flexibility index (Phi) is 7.36. The Hall–Kier alpha value is -3.83. The molecule has 0 aliphatic carbocycles. The highest BCUT2D eigenvalue weighted by Gasteiger charge is 2.31. The molecule has 2 aromatic heterocycles. The highest BCUT2D eigenvalue weighted by Crippen LogP contribution is 2.29. The standard InChI is InChI=1S/C21H20F3N5O4/c1-12(2)33-18(30)5-6-26-20-27-16-4-3-13(7-17(16)28-29-20)11-32-19(31)14-8-15(10-25-9-14)21(22,23)24/h3-4,7-10,12H,5-6,11H2,1-2H3,(H,26,27,29). The van der Waals surface area contributed by atoms with E-state index in [9.17, 15) is 22.8 Å². The zero-order valence-electron chi connectivity index (χ0n) is 17.7. The van der Waals surface area contributed by atoms with Crippen molar-refractivity contribution < 1.29 is 32.2 Å². The van der Waals surface area contributed by atoms with Crippen LogP contribution in [0.5, 0.6) is 0 Å². The van der Waals surface area contributed by atoms with Crippen LogP contribution in [-0.4, -0.2) is 44.8 Å². The molecule has 3 aromatic rings. The summed E-state index contributed by atoms with van der Waals surface area (Å²) in [6.45, 7) is 3.61. The lowest BCUT2D eigenvalue weighted by atomic mass is 10.2. The van der Waals surface area contributed by atoms with E-state index in [4.69, 9.17) is 9.47 Å². The largest absolute Gasteiger partial charge is 0.463 e. The Morgan fingerprint density at radius 3 is 2.61 bits per heavy atom. The number of carbonyl (C=O) groups excluding carboxylic acids is 2. The van der Waals surface area contributed by atoms with Crippen LogP contribution in [-0.2, 0) is 27.1 Å². The van der Waals surface area contributed by atoms with Crippen molar-refractivity contribution in [2.45, 2.75) is 39.2 Å². The van der Waals surface area contributed by atoms with Gasteiger partial charge < -0.3 is 14.8 Å². The highest BCUT2D eigenvalue weighted by atomic mass is 19.4. The second-order valence-electron chi connectivity index (χ2n) is 7.21. The SMILES string of the molecule is CC(C)OC(=O)CCNc1nnc2cc(COC(=O)c3cncc(C(F)(F)F)c3)ccc2n1. The van der Waals surface area contributed by atoms with E-state index in [1.807, 2.05) is 0 Å². The number of hydrogen-bond donors (Lipinski definition) is 1. The van der Waals surface area contributed by atoms with Crippen LogP contribution in [0.2, 0.25) is 0 Å². The first kappa shape index (κ1) is 23.8. The van der Waals surface area contributed by atoms with E-state index in [1.165, 1.54) is 0 Å². The minimum Gasteiger partial charge on any atom is -0.463 e. The summed E-state index contributed by atoms with van der Waals surface area (Å²) in [5.74, 6) is -1.05. The Labute approximate surface area is 186 Å². The van der Waals surface area contributed by atoms with Crippen LogP contribution in [0.15, 0.2) is 36.7 Å².